The predicted molar refractivity (Wildman–Crippen MR) is 123 cm³/mol. The van der Waals surface area contributed by atoms with Crippen molar-refractivity contribution in [2.24, 2.45) is 0 Å². The van der Waals surface area contributed by atoms with E-state index in [4.69, 9.17) is 9.47 Å². The van der Waals surface area contributed by atoms with Gasteiger partial charge < -0.3 is 14.4 Å². The van der Waals surface area contributed by atoms with Crippen LogP contribution in [0.25, 0.3) is 0 Å². The van der Waals surface area contributed by atoms with Crippen molar-refractivity contribution in [2.45, 2.75) is 6.54 Å². The third kappa shape index (κ3) is 5.80. The van der Waals surface area contributed by atoms with E-state index in [0.29, 0.717) is 18.0 Å². The molecule has 4 rings (SSSR count). The number of hydrogen-bond donors (Lipinski definition) is 0. The van der Waals surface area contributed by atoms with Crippen LogP contribution in [0.1, 0.15) is 15.9 Å². The molecule has 4 aromatic rings. The van der Waals surface area contributed by atoms with E-state index in [1.807, 2.05) is 60.7 Å². The largest absolute Gasteiger partial charge is 0.452 e. The second kappa shape index (κ2) is 10.7. The van der Waals surface area contributed by atoms with Crippen molar-refractivity contribution in [1.29, 1.82) is 0 Å². The van der Waals surface area contributed by atoms with Crippen LogP contribution in [0.4, 0.5) is 5.69 Å². The molecule has 0 N–H and O–H groups in total. The Balaban J connectivity index is 1.47. The molecule has 2 heterocycles. The monoisotopic (exact) mass is 439 g/mol. The second-order valence-corrected chi connectivity index (χ2v) is 7.02. The Morgan fingerprint density at radius 1 is 0.818 bits per heavy atom. The highest BCUT2D eigenvalue weighted by Gasteiger charge is 2.21. The van der Waals surface area contributed by atoms with Crippen LogP contribution in [0.3, 0.4) is 0 Å². The van der Waals surface area contributed by atoms with Crippen LogP contribution in [-0.2, 0) is 16.1 Å². The zero-order chi connectivity index (χ0) is 22.9. The summed E-state index contributed by atoms with van der Waals surface area (Å²) >= 11 is 0. The number of benzene rings is 2. The quantitative estimate of drug-likeness (QED) is 0.372. The van der Waals surface area contributed by atoms with Gasteiger partial charge in [0.25, 0.3) is 5.91 Å². The highest BCUT2D eigenvalue weighted by molar-refractivity contribution is 5.97. The van der Waals surface area contributed by atoms with Crippen molar-refractivity contribution in [3.63, 3.8) is 0 Å². The minimum Gasteiger partial charge on any atom is -0.452 e. The molecule has 0 aliphatic rings. The summed E-state index contributed by atoms with van der Waals surface area (Å²) in [5.74, 6) is -0.549. The summed E-state index contributed by atoms with van der Waals surface area (Å²) in [5.41, 5.74) is 1.79. The van der Waals surface area contributed by atoms with E-state index in [1.54, 1.807) is 29.3 Å². The maximum absolute atomic E-state index is 13.1. The van der Waals surface area contributed by atoms with Gasteiger partial charge in [-0.15, -0.1) is 0 Å². The van der Waals surface area contributed by atoms with Crippen LogP contribution >= 0.6 is 0 Å². The number of anilines is 1. The smallest absolute Gasteiger partial charge is 0.344 e. The summed E-state index contributed by atoms with van der Waals surface area (Å²) in [7, 11) is 0. The van der Waals surface area contributed by atoms with E-state index in [9.17, 15) is 9.59 Å². The van der Waals surface area contributed by atoms with Gasteiger partial charge in [-0.25, -0.2) is 9.78 Å². The summed E-state index contributed by atoms with van der Waals surface area (Å²) in [6.07, 6.45) is 4.62. The lowest BCUT2D eigenvalue weighted by Crippen LogP contribution is -2.34. The van der Waals surface area contributed by atoms with Crippen molar-refractivity contribution < 1.29 is 19.1 Å². The Kier molecular flexibility index (Phi) is 7.02. The molecule has 0 fully saturated rings. The van der Waals surface area contributed by atoms with Gasteiger partial charge in [-0.1, -0.05) is 48.5 Å². The number of carbonyl (C=O) groups is 2. The predicted octanol–water partition coefficient (Wildman–Crippen LogP) is 4.66. The Bertz CT molecular complexity index is 1200. The van der Waals surface area contributed by atoms with Crippen molar-refractivity contribution in [3.8, 4) is 11.6 Å². The molecule has 0 saturated heterocycles. The first-order valence-electron chi connectivity index (χ1n) is 10.3. The fraction of sp³-hybridized carbons (Fsp3) is 0.0769. The number of hydrogen-bond acceptors (Lipinski definition) is 6. The first kappa shape index (κ1) is 21.7. The topological polar surface area (TPSA) is 81.6 Å². The Morgan fingerprint density at radius 2 is 1.55 bits per heavy atom. The molecule has 2 aromatic heterocycles. The number of rotatable bonds is 8. The van der Waals surface area contributed by atoms with Gasteiger partial charge in [0.1, 0.15) is 11.3 Å². The Labute approximate surface area is 191 Å². The second-order valence-electron chi connectivity index (χ2n) is 7.02. The van der Waals surface area contributed by atoms with E-state index >= 15 is 0 Å². The summed E-state index contributed by atoms with van der Waals surface area (Å²) in [4.78, 5) is 35.5. The summed E-state index contributed by atoms with van der Waals surface area (Å²) in [6, 6.07) is 25.4. The molecule has 0 bridgehead atoms. The summed E-state index contributed by atoms with van der Waals surface area (Å²) < 4.78 is 11.0. The van der Waals surface area contributed by atoms with Crippen LogP contribution in [0, 0.1) is 0 Å². The van der Waals surface area contributed by atoms with Crippen LogP contribution in [0.5, 0.6) is 11.6 Å². The van der Waals surface area contributed by atoms with E-state index in [2.05, 4.69) is 9.97 Å². The number of carbonyl (C=O) groups excluding carboxylic acids is 2. The van der Waals surface area contributed by atoms with Crippen molar-refractivity contribution >= 4 is 17.6 Å². The lowest BCUT2D eigenvalue weighted by Gasteiger charge is -2.23. The zero-order valence-electron chi connectivity index (χ0n) is 17.7. The number of para-hydroxylation sites is 1. The van der Waals surface area contributed by atoms with E-state index in [0.717, 1.165) is 5.56 Å². The van der Waals surface area contributed by atoms with E-state index in [1.165, 1.54) is 18.5 Å². The number of aromatic nitrogens is 2. The lowest BCUT2D eigenvalue weighted by atomic mass is 10.2. The third-order valence-corrected chi connectivity index (χ3v) is 4.72. The van der Waals surface area contributed by atoms with E-state index in [-0.39, 0.29) is 17.4 Å². The zero-order valence-corrected chi connectivity index (χ0v) is 17.7. The van der Waals surface area contributed by atoms with Crippen LogP contribution in [0.15, 0.2) is 104 Å². The molecule has 0 unspecified atom stereocenters. The molecule has 0 saturated carbocycles. The maximum Gasteiger partial charge on any atom is 0.344 e. The molecule has 0 aliphatic heterocycles. The van der Waals surface area contributed by atoms with Crippen molar-refractivity contribution in [3.05, 3.63) is 115 Å². The average molecular weight is 439 g/mol. The van der Waals surface area contributed by atoms with Crippen LogP contribution in [-0.4, -0.2) is 28.5 Å². The van der Waals surface area contributed by atoms with Crippen molar-refractivity contribution in [2.75, 3.05) is 11.5 Å². The van der Waals surface area contributed by atoms with Gasteiger partial charge in [0.2, 0.25) is 5.88 Å². The van der Waals surface area contributed by atoms with Gasteiger partial charge in [-0.05, 0) is 42.0 Å². The molecule has 33 heavy (non-hydrogen) atoms. The molecule has 0 spiro atoms. The molecule has 7 nitrogen and oxygen atoms in total. The van der Waals surface area contributed by atoms with Crippen LogP contribution in [0.2, 0.25) is 0 Å². The van der Waals surface area contributed by atoms with Crippen LogP contribution < -0.4 is 9.64 Å². The molecule has 0 atom stereocenters. The first-order chi connectivity index (χ1) is 16.2. The number of esters is 1. The normalized spacial score (nSPS) is 10.3. The summed E-state index contributed by atoms with van der Waals surface area (Å²) in [5, 5.41) is 0. The first-order valence-corrected chi connectivity index (χ1v) is 10.3. The van der Waals surface area contributed by atoms with Gasteiger partial charge in [0.05, 0.1) is 12.7 Å². The number of nitrogens with zero attached hydrogens (tertiary/aromatic N) is 3. The minimum absolute atomic E-state index is 0.0761. The fourth-order valence-electron chi connectivity index (χ4n) is 3.13. The molecular formula is C26H21N3O4. The minimum atomic E-state index is -0.705. The lowest BCUT2D eigenvalue weighted by molar-refractivity contribution is -0.121. The molecule has 0 aliphatic carbocycles. The number of amides is 1. The summed E-state index contributed by atoms with van der Waals surface area (Å²) in [6.45, 7) is -0.0781. The highest BCUT2D eigenvalue weighted by Crippen LogP contribution is 2.23. The maximum atomic E-state index is 13.1. The van der Waals surface area contributed by atoms with Gasteiger partial charge >= 0.3 is 5.97 Å². The van der Waals surface area contributed by atoms with Crippen molar-refractivity contribution in [1.82, 2.24) is 9.97 Å². The van der Waals surface area contributed by atoms with Gasteiger partial charge in [-0.2, -0.15) is 0 Å². The SMILES string of the molecule is O=C(OCC(=O)N(Cc1ccccc1)c1ccccc1)c1cccnc1Oc1cccnc1. The molecule has 1 amide bonds. The molecule has 0 radical (unpaired) electrons. The molecule has 164 valence electrons. The molecule has 2 aromatic carbocycles. The Morgan fingerprint density at radius 3 is 2.27 bits per heavy atom. The number of ether oxygens (including phenoxy) is 2. The van der Waals surface area contributed by atoms with Gasteiger partial charge in [0, 0.05) is 18.1 Å². The van der Waals surface area contributed by atoms with E-state index < -0.39 is 12.6 Å². The van der Waals surface area contributed by atoms with Gasteiger partial charge in [-0.3, -0.25) is 9.78 Å². The molecule has 7 heteroatoms. The molecular weight excluding hydrogens is 418 g/mol. The highest BCUT2D eigenvalue weighted by atomic mass is 16.5. The Hall–Kier alpha value is -4.52. The van der Waals surface area contributed by atoms with Gasteiger partial charge in [0.15, 0.2) is 6.61 Å². The standard InChI is InChI=1S/C26H21N3O4/c30-24(29(21-11-5-2-6-12-21)18-20-9-3-1-4-10-20)19-32-26(31)23-14-8-16-28-25(23)33-22-13-7-15-27-17-22/h1-17H,18-19H2. The third-order valence-electron chi connectivity index (χ3n) is 4.72. The number of pyridine rings is 2. The fourth-order valence-corrected chi connectivity index (χ4v) is 3.13. The average Bonchev–Trinajstić information content (AvgIpc) is 2.88.